The number of carbonyl (C=O) groups is 12. The third-order valence-corrected chi connectivity index (χ3v) is 17.6. The molecule has 0 aromatic heterocycles. The Morgan fingerprint density at radius 2 is 1.21 bits per heavy atom. The summed E-state index contributed by atoms with van der Waals surface area (Å²) in [5.41, 5.74) is 5.16. The van der Waals surface area contributed by atoms with Crippen LogP contribution in [-0.2, 0) is 68.7 Å². The van der Waals surface area contributed by atoms with Crippen LogP contribution in [-0.4, -0.2) is 136 Å². The number of nitrogens with two attached hydrogens (primary N) is 1. The summed E-state index contributed by atoms with van der Waals surface area (Å²) in [6.45, 7) is 17.2. The summed E-state index contributed by atoms with van der Waals surface area (Å²) in [6, 6.07) is 3.03. The second-order valence-corrected chi connectivity index (χ2v) is 23.8. The third kappa shape index (κ3) is 20.4. The summed E-state index contributed by atoms with van der Waals surface area (Å²) in [4.78, 5) is 166. The number of hydrogen-bond acceptors (Lipinski definition) is 15. The molecule has 470 valence electrons. The minimum Gasteiger partial charge on any atom is -0.458 e. The zero-order valence-electron chi connectivity index (χ0n) is 51.3. The Morgan fingerprint density at radius 3 is 1.70 bits per heavy atom. The van der Waals surface area contributed by atoms with Gasteiger partial charge in [-0.2, -0.15) is 0 Å². The van der Waals surface area contributed by atoms with E-state index in [-0.39, 0.29) is 24.7 Å². The van der Waals surface area contributed by atoms with Crippen molar-refractivity contribution in [1.29, 1.82) is 0 Å². The third-order valence-electron chi connectivity index (χ3n) is 17.6. The first-order chi connectivity index (χ1) is 39.6. The lowest BCUT2D eigenvalue weighted by molar-refractivity contribution is -0.158. The molecule has 0 unspecified atom stereocenters. The Bertz CT molecular complexity index is 2450. The van der Waals surface area contributed by atoms with Crippen LogP contribution >= 0.6 is 0 Å². The van der Waals surface area contributed by atoms with Crippen molar-refractivity contribution in [3.63, 3.8) is 0 Å². The van der Waals surface area contributed by atoms with Crippen LogP contribution < -0.4 is 37.6 Å². The van der Waals surface area contributed by atoms with E-state index in [1.807, 2.05) is 51.1 Å². The van der Waals surface area contributed by atoms with Crippen LogP contribution in [0, 0.1) is 53.3 Å². The molecular weight excluding hydrogens is 1080 g/mol. The van der Waals surface area contributed by atoms with Crippen LogP contribution in [0.5, 0.6) is 0 Å². The van der Waals surface area contributed by atoms with Gasteiger partial charge < -0.3 is 52.6 Å². The fourth-order valence-electron chi connectivity index (χ4n) is 10.5. The highest BCUT2D eigenvalue weighted by Gasteiger charge is 2.49. The van der Waals surface area contributed by atoms with Gasteiger partial charge in [0.05, 0.1) is 43.2 Å². The number of aliphatic hydroxyl groups excluding tert-OH is 2. The van der Waals surface area contributed by atoms with Crippen LogP contribution in [0.25, 0.3) is 0 Å². The molecule has 7 amide bonds. The number of cyclic esters (lactones) is 1. The van der Waals surface area contributed by atoms with Crippen LogP contribution in [0.15, 0.2) is 30.3 Å². The Labute approximate surface area is 495 Å². The van der Waals surface area contributed by atoms with Crippen molar-refractivity contribution in [2.24, 2.45) is 59.0 Å². The summed E-state index contributed by atoms with van der Waals surface area (Å²) < 4.78 is 5.78. The van der Waals surface area contributed by atoms with Gasteiger partial charge in [0.2, 0.25) is 41.4 Å². The summed E-state index contributed by atoms with van der Waals surface area (Å²) in [5.74, 6) is -15.5. The molecule has 1 spiro atoms. The fourth-order valence-corrected chi connectivity index (χ4v) is 10.5. The number of ketones is 4. The molecule has 2 fully saturated rings. The molecule has 0 radical (unpaired) electrons. The second-order valence-electron chi connectivity index (χ2n) is 23.8. The maximum absolute atomic E-state index is 14.5. The quantitative estimate of drug-likeness (QED) is 0.0456. The van der Waals surface area contributed by atoms with E-state index in [1.54, 1.807) is 41.5 Å². The predicted octanol–water partition coefficient (Wildman–Crippen LogP) is 3.42. The Balaban J connectivity index is 1.84. The van der Waals surface area contributed by atoms with Crippen molar-refractivity contribution < 1.29 is 72.5 Å². The average molecular weight is 1180 g/mol. The van der Waals surface area contributed by atoms with E-state index >= 15 is 0 Å². The van der Waals surface area contributed by atoms with Gasteiger partial charge in [0.15, 0.2) is 23.1 Å². The summed E-state index contributed by atoms with van der Waals surface area (Å²) in [5, 5.41) is 37.5. The smallest absolute Gasteiger partial charge is 0.329 e. The topological polar surface area (TPSA) is 353 Å². The van der Waals surface area contributed by atoms with Gasteiger partial charge in [-0.25, -0.2) is 4.79 Å². The maximum atomic E-state index is 14.5. The number of hydrogen-bond donors (Lipinski definition) is 9. The van der Waals surface area contributed by atoms with Crippen molar-refractivity contribution in [2.75, 3.05) is 13.2 Å². The Morgan fingerprint density at radius 1 is 0.679 bits per heavy atom. The zero-order chi connectivity index (χ0) is 63.2. The van der Waals surface area contributed by atoms with E-state index in [1.165, 1.54) is 13.8 Å². The Kier molecular flexibility index (Phi) is 29.5. The van der Waals surface area contributed by atoms with Gasteiger partial charge >= 0.3 is 5.97 Å². The monoisotopic (exact) mass is 1180 g/mol. The highest BCUT2D eigenvalue weighted by molar-refractivity contribution is 6.00. The van der Waals surface area contributed by atoms with Crippen molar-refractivity contribution in [1.82, 2.24) is 31.9 Å². The molecule has 1 saturated carbocycles. The molecule has 22 heteroatoms. The molecule has 1 aromatic carbocycles. The normalized spacial score (nSPS) is 22.2. The summed E-state index contributed by atoms with van der Waals surface area (Å²) in [6.07, 6.45) is -0.172. The van der Waals surface area contributed by atoms with Gasteiger partial charge in [-0.15, -0.1) is 0 Å². The van der Waals surface area contributed by atoms with Gasteiger partial charge in [-0.3, -0.25) is 52.7 Å². The number of ether oxygens (including phenoxy) is 1. The van der Waals surface area contributed by atoms with Crippen LogP contribution in [0.1, 0.15) is 172 Å². The van der Waals surface area contributed by atoms with E-state index in [2.05, 4.69) is 31.9 Å². The molecule has 1 aliphatic heterocycles. The van der Waals surface area contributed by atoms with E-state index in [0.717, 1.165) is 5.56 Å². The standard InChI is InChI=1S/C62H97N7O15/c1-12-34(6)44(31-46(72)45(23-24-50(63)76)64-57(79)42(32-70)29-48(74)51(35(7)13-2)65-56(78)41(16-5)28-40-21-18-17-19-22-40)59(81)66-52(36(8)14-3)49(75)30-43(33-71)58(80)67-54-39(11)84-60(82)53(37(9)15-4)68-61(83)62(25-20-26-62)69-55(77)38(10)27-47(54)73/h17-19,21-22,34-39,41-45,51-54,70-71H,12-16,20,23-33H2,1-11H3,(H2,63,76)(H,64,79)(H,65,78)(H,66,81)(H,67,80)(H,68,83)(H,69,77)/t34-,35-,36-,37-,38+,39-,41+,42-,43-,44+,45+,51-,52-,53-,54+/m0/s1. The van der Waals surface area contributed by atoms with Gasteiger partial charge in [0.25, 0.3) is 0 Å². The number of amides is 7. The van der Waals surface area contributed by atoms with Crippen molar-refractivity contribution in [3.05, 3.63) is 35.9 Å². The highest BCUT2D eigenvalue weighted by atomic mass is 16.5. The van der Waals surface area contributed by atoms with Gasteiger partial charge in [-0.05, 0) is 74.7 Å². The predicted molar refractivity (Wildman–Crippen MR) is 312 cm³/mol. The molecule has 1 aliphatic carbocycles. The van der Waals surface area contributed by atoms with Crippen LogP contribution in [0.3, 0.4) is 0 Å². The van der Waals surface area contributed by atoms with Crippen molar-refractivity contribution in [2.45, 2.75) is 214 Å². The second kappa shape index (κ2) is 34.5. The first kappa shape index (κ1) is 71.8. The van der Waals surface area contributed by atoms with Gasteiger partial charge in [-0.1, -0.05) is 125 Å². The van der Waals surface area contributed by atoms with Crippen molar-refractivity contribution in [3.8, 4) is 0 Å². The average Bonchev–Trinajstić information content (AvgIpc) is 2.88. The SMILES string of the molecule is CC[C@H](Cc1ccccc1)C(=O)N[C@H](C(=O)C[C@@H](CO)C(=O)N[C@H](CCC(N)=O)C(=O)C[C@@H](C(=O)N[C@H](C(=O)C[C@@H](CO)C(=O)N[C@H]1C(=O)C[C@@H](C)C(=O)NC2(CCC2)C(=O)N[C@@H]([C@@H](C)CC)C(=O)O[C@H]1C)[C@@H](C)CC)[C@@H](C)CC)[C@@H](C)CC. The fraction of sp³-hybridized carbons (Fsp3) is 0.710. The minimum atomic E-state index is -1.56. The number of carbonyl (C=O) groups excluding carboxylic acids is 12. The molecule has 3 rings (SSSR count). The molecule has 15 atom stereocenters. The molecule has 84 heavy (non-hydrogen) atoms. The number of benzene rings is 1. The highest BCUT2D eigenvalue weighted by Crippen LogP contribution is 2.34. The number of rotatable bonds is 33. The van der Waals surface area contributed by atoms with Crippen LogP contribution in [0.2, 0.25) is 0 Å². The lowest BCUT2D eigenvalue weighted by Crippen LogP contribution is -2.65. The number of primary amides is 1. The van der Waals surface area contributed by atoms with Crippen molar-refractivity contribution >= 4 is 70.5 Å². The van der Waals surface area contributed by atoms with Gasteiger partial charge in [0.1, 0.15) is 23.7 Å². The molecule has 1 heterocycles. The van der Waals surface area contributed by atoms with E-state index in [4.69, 9.17) is 10.5 Å². The lowest BCUT2D eigenvalue weighted by atomic mass is 9.75. The molecule has 0 bridgehead atoms. The molecule has 1 saturated heterocycles. The van der Waals surface area contributed by atoms with E-state index < -0.39 is 193 Å². The lowest BCUT2D eigenvalue weighted by Gasteiger charge is -2.42. The number of Topliss-reactive ketones (excluding diaryl/α,β-unsaturated/α-hetero) is 4. The maximum Gasteiger partial charge on any atom is 0.329 e. The zero-order valence-corrected chi connectivity index (χ0v) is 51.3. The molecule has 1 aromatic rings. The number of nitrogens with one attached hydrogen (secondary N) is 6. The summed E-state index contributed by atoms with van der Waals surface area (Å²) >= 11 is 0. The largest absolute Gasteiger partial charge is 0.458 e. The van der Waals surface area contributed by atoms with E-state index in [0.29, 0.717) is 57.8 Å². The van der Waals surface area contributed by atoms with E-state index in [9.17, 15) is 67.7 Å². The first-order valence-corrected chi connectivity index (χ1v) is 30.4. The molecule has 2 aliphatic rings. The van der Waals surface area contributed by atoms with Crippen LogP contribution in [0.4, 0.5) is 0 Å². The number of esters is 1. The van der Waals surface area contributed by atoms with Gasteiger partial charge in [0, 0.05) is 49.9 Å². The number of aliphatic hydroxyl groups is 2. The first-order valence-electron chi connectivity index (χ1n) is 30.4. The Hall–Kier alpha value is -6.42. The minimum absolute atomic E-state index is 0.287. The molecule has 22 nitrogen and oxygen atoms in total. The molecule has 10 N–H and O–H groups in total. The summed E-state index contributed by atoms with van der Waals surface area (Å²) in [7, 11) is 0. The molecular formula is C62H97N7O15.